The second kappa shape index (κ2) is 7.67. The van der Waals surface area contributed by atoms with Gasteiger partial charge in [-0.05, 0) is 51.0 Å². The molecule has 1 amide bonds. The van der Waals surface area contributed by atoms with Crippen LogP contribution in [0.25, 0.3) is 10.4 Å². The van der Waals surface area contributed by atoms with E-state index in [-0.39, 0.29) is 17.8 Å². The topological polar surface area (TPSA) is 62.2 Å². The van der Waals surface area contributed by atoms with Gasteiger partial charge < -0.3 is 9.80 Å². The van der Waals surface area contributed by atoms with E-state index in [1.165, 1.54) is 23.5 Å². The Hall–Kier alpha value is -2.87. The summed E-state index contributed by atoms with van der Waals surface area (Å²) >= 11 is 1.47. The molecule has 2 aliphatic rings. The van der Waals surface area contributed by atoms with Crippen molar-refractivity contribution in [3.63, 3.8) is 0 Å². The molecule has 0 bridgehead atoms. The Morgan fingerprint density at radius 3 is 2.48 bits per heavy atom. The van der Waals surface area contributed by atoms with Gasteiger partial charge in [-0.1, -0.05) is 12.1 Å². The predicted octanol–water partition coefficient (Wildman–Crippen LogP) is 4.02. The monoisotopic (exact) mass is 437 g/mol. The molecule has 160 valence electrons. The lowest BCUT2D eigenvalue weighted by Crippen LogP contribution is -2.65. The molecule has 8 heteroatoms. The number of anilines is 1. The number of halogens is 1. The first-order valence-corrected chi connectivity index (χ1v) is 11.3. The van der Waals surface area contributed by atoms with Gasteiger partial charge in [-0.15, -0.1) is 11.3 Å². The lowest BCUT2D eigenvalue weighted by Gasteiger charge is -2.53. The van der Waals surface area contributed by atoms with Crippen molar-refractivity contribution >= 4 is 23.2 Å². The highest BCUT2D eigenvalue weighted by Crippen LogP contribution is 2.37. The van der Waals surface area contributed by atoms with Gasteiger partial charge in [-0.25, -0.2) is 19.3 Å². The molecule has 0 radical (unpaired) electrons. The number of piperidine rings is 1. The largest absolute Gasteiger partial charge is 0.335 e. The summed E-state index contributed by atoms with van der Waals surface area (Å²) in [6, 6.07) is 8.44. The van der Waals surface area contributed by atoms with Crippen LogP contribution in [0.1, 0.15) is 33.3 Å². The first-order chi connectivity index (χ1) is 14.9. The van der Waals surface area contributed by atoms with E-state index in [2.05, 4.69) is 19.9 Å². The third-order valence-corrected chi connectivity index (χ3v) is 7.13. The van der Waals surface area contributed by atoms with Crippen molar-refractivity contribution in [2.75, 3.05) is 24.5 Å². The highest BCUT2D eigenvalue weighted by molar-refractivity contribution is 7.15. The quantitative estimate of drug-likeness (QED) is 0.620. The second-order valence-corrected chi connectivity index (χ2v) is 9.59. The predicted molar refractivity (Wildman–Crippen MR) is 119 cm³/mol. The normalized spacial score (nSPS) is 20.4. The van der Waals surface area contributed by atoms with E-state index < -0.39 is 0 Å². The van der Waals surface area contributed by atoms with Gasteiger partial charge in [0.25, 0.3) is 5.91 Å². The maximum absolute atomic E-state index is 13.4. The van der Waals surface area contributed by atoms with Crippen LogP contribution in [-0.4, -0.2) is 51.4 Å². The first-order valence-electron chi connectivity index (χ1n) is 10.5. The van der Waals surface area contributed by atoms with Crippen LogP contribution in [0.15, 0.2) is 30.3 Å². The van der Waals surface area contributed by atoms with Crippen LogP contribution in [0.3, 0.4) is 0 Å². The molecular formula is C23H24FN5OS. The molecule has 1 aromatic carbocycles. The summed E-state index contributed by atoms with van der Waals surface area (Å²) in [4.78, 5) is 32.1. The fraction of sp³-hybridized carbons (Fsp3) is 0.391. The molecule has 0 aliphatic carbocycles. The van der Waals surface area contributed by atoms with Gasteiger partial charge in [-0.2, -0.15) is 0 Å². The molecule has 2 atom stereocenters. The Balaban J connectivity index is 1.38. The second-order valence-electron chi connectivity index (χ2n) is 8.39. The van der Waals surface area contributed by atoms with Crippen LogP contribution in [0, 0.1) is 32.5 Å². The third kappa shape index (κ3) is 3.69. The van der Waals surface area contributed by atoms with Crippen LogP contribution in [-0.2, 0) is 0 Å². The van der Waals surface area contributed by atoms with Gasteiger partial charge in [-0.3, -0.25) is 4.79 Å². The molecule has 0 saturated carbocycles. The molecule has 2 saturated heterocycles. The van der Waals surface area contributed by atoms with Crippen molar-refractivity contribution in [1.82, 2.24) is 19.9 Å². The molecule has 31 heavy (non-hydrogen) atoms. The molecule has 3 aromatic rings. The van der Waals surface area contributed by atoms with Gasteiger partial charge in [0.2, 0.25) is 5.95 Å². The standard InChI is InChI=1S/C23H24FN5OS/c1-13-10-14(2)26-23(25-13)29-11-17-8-9-28(12-19(17)29)22(30)20-21(31-15(3)27-20)16-4-6-18(24)7-5-16/h4-7,10,17,19H,8-9,11-12H2,1-3H3/t17-,19-/m0/s1. The summed E-state index contributed by atoms with van der Waals surface area (Å²) < 4.78 is 13.4. The number of carbonyl (C=O) groups is 1. The minimum atomic E-state index is -0.293. The van der Waals surface area contributed by atoms with E-state index in [9.17, 15) is 9.18 Å². The fourth-order valence-corrected chi connectivity index (χ4v) is 5.48. The molecular weight excluding hydrogens is 413 g/mol. The summed E-state index contributed by atoms with van der Waals surface area (Å²) in [7, 11) is 0. The van der Waals surface area contributed by atoms with Gasteiger partial charge >= 0.3 is 0 Å². The molecule has 0 spiro atoms. The Bertz CT molecular complexity index is 1130. The highest BCUT2D eigenvalue weighted by atomic mass is 32.1. The van der Waals surface area contributed by atoms with E-state index in [1.807, 2.05) is 31.7 Å². The maximum atomic E-state index is 13.4. The maximum Gasteiger partial charge on any atom is 0.274 e. The number of fused-ring (bicyclic) bond motifs is 1. The van der Waals surface area contributed by atoms with E-state index in [1.54, 1.807) is 12.1 Å². The van der Waals surface area contributed by atoms with Crippen molar-refractivity contribution in [2.24, 2.45) is 5.92 Å². The summed E-state index contributed by atoms with van der Waals surface area (Å²) in [5.41, 5.74) is 3.19. The van der Waals surface area contributed by atoms with Crippen molar-refractivity contribution in [3.05, 3.63) is 58.2 Å². The molecule has 4 heterocycles. The molecule has 2 aromatic heterocycles. The third-order valence-electron chi connectivity index (χ3n) is 6.11. The molecule has 5 rings (SSSR count). The molecule has 2 aliphatic heterocycles. The zero-order chi connectivity index (χ0) is 21.7. The Kier molecular flexibility index (Phi) is 4.97. The number of amides is 1. The SMILES string of the molecule is Cc1cc(C)nc(N2C[C@@H]3CCN(C(=O)c4nc(C)sc4-c4ccc(F)cc4)C[C@@H]32)n1. The summed E-state index contributed by atoms with van der Waals surface area (Å²) in [6.45, 7) is 8.15. The number of rotatable bonds is 3. The average Bonchev–Trinajstić information content (AvgIpc) is 3.10. The Morgan fingerprint density at radius 1 is 1.06 bits per heavy atom. The lowest BCUT2D eigenvalue weighted by atomic mass is 9.82. The van der Waals surface area contributed by atoms with Crippen LogP contribution in [0.4, 0.5) is 10.3 Å². The van der Waals surface area contributed by atoms with Gasteiger partial charge in [0.1, 0.15) is 11.5 Å². The molecule has 2 fully saturated rings. The zero-order valence-corrected chi connectivity index (χ0v) is 18.6. The van der Waals surface area contributed by atoms with Crippen molar-refractivity contribution in [1.29, 1.82) is 0 Å². The van der Waals surface area contributed by atoms with Crippen LogP contribution in [0.5, 0.6) is 0 Å². The highest BCUT2D eigenvalue weighted by Gasteiger charge is 2.45. The van der Waals surface area contributed by atoms with Crippen LogP contribution < -0.4 is 4.90 Å². The van der Waals surface area contributed by atoms with Crippen molar-refractivity contribution < 1.29 is 9.18 Å². The summed E-state index contributed by atoms with van der Waals surface area (Å²) in [5.74, 6) is 0.959. The smallest absolute Gasteiger partial charge is 0.274 e. The van der Waals surface area contributed by atoms with E-state index in [0.29, 0.717) is 18.2 Å². The fourth-order valence-electron chi connectivity index (χ4n) is 4.57. The van der Waals surface area contributed by atoms with Gasteiger partial charge in [0.05, 0.1) is 15.9 Å². The van der Waals surface area contributed by atoms with E-state index >= 15 is 0 Å². The van der Waals surface area contributed by atoms with Crippen LogP contribution in [0.2, 0.25) is 0 Å². The summed E-state index contributed by atoms with van der Waals surface area (Å²) in [5, 5.41) is 0.825. The molecule has 0 N–H and O–H groups in total. The minimum Gasteiger partial charge on any atom is -0.335 e. The molecule has 6 nitrogen and oxygen atoms in total. The van der Waals surface area contributed by atoms with E-state index in [0.717, 1.165) is 52.3 Å². The lowest BCUT2D eigenvalue weighted by molar-refractivity contribution is 0.0585. The zero-order valence-electron chi connectivity index (χ0n) is 17.8. The number of thiazole rings is 1. The number of likely N-dealkylation sites (tertiary alicyclic amines) is 1. The number of aromatic nitrogens is 3. The van der Waals surface area contributed by atoms with Gasteiger partial charge in [0, 0.05) is 36.9 Å². The number of benzene rings is 1. The summed E-state index contributed by atoms with van der Waals surface area (Å²) in [6.07, 6.45) is 0.965. The Labute approximate surface area is 184 Å². The first kappa shape index (κ1) is 20.1. The number of aryl methyl sites for hydroxylation is 3. The van der Waals surface area contributed by atoms with E-state index in [4.69, 9.17) is 0 Å². The Morgan fingerprint density at radius 2 is 1.77 bits per heavy atom. The number of nitrogens with zero attached hydrogens (tertiary/aromatic N) is 5. The van der Waals surface area contributed by atoms with Crippen LogP contribution >= 0.6 is 11.3 Å². The minimum absolute atomic E-state index is 0.0599. The van der Waals surface area contributed by atoms with Crippen molar-refractivity contribution in [3.8, 4) is 10.4 Å². The average molecular weight is 438 g/mol. The van der Waals surface area contributed by atoms with Gasteiger partial charge in [0.15, 0.2) is 0 Å². The molecule has 0 unspecified atom stereocenters. The number of hydrogen-bond donors (Lipinski definition) is 0. The van der Waals surface area contributed by atoms with Crippen molar-refractivity contribution in [2.45, 2.75) is 33.2 Å². The number of carbonyl (C=O) groups excluding carboxylic acids is 1. The number of hydrogen-bond acceptors (Lipinski definition) is 6.